The minimum atomic E-state index is -0.488. The van der Waals surface area contributed by atoms with Crippen molar-refractivity contribution in [3.8, 4) is 5.75 Å². The van der Waals surface area contributed by atoms with Gasteiger partial charge in [0.1, 0.15) is 18.5 Å². The maximum atomic E-state index is 10.3. The van der Waals surface area contributed by atoms with Gasteiger partial charge in [-0.05, 0) is 31.4 Å². The highest BCUT2D eigenvalue weighted by Crippen LogP contribution is 2.25. The summed E-state index contributed by atoms with van der Waals surface area (Å²) in [7, 11) is 0. The third kappa shape index (κ3) is 6.80. The molecule has 1 heterocycles. The summed E-state index contributed by atoms with van der Waals surface area (Å²) in [6.07, 6.45) is -0.0465. The van der Waals surface area contributed by atoms with Crippen LogP contribution < -0.4 is 4.74 Å². The molecule has 0 saturated carbocycles. The van der Waals surface area contributed by atoms with Gasteiger partial charge in [-0.1, -0.05) is 45.9 Å². The molecule has 0 spiro atoms. The first-order chi connectivity index (χ1) is 11.5. The minimum Gasteiger partial charge on any atom is -0.491 e. The fourth-order valence-electron chi connectivity index (χ4n) is 3.06. The topological polar surface area (TPSA) is 41.9 Å². The van der Waals surface area contributed by atoms with Gasteiger partial charge in [0, 0.05) is 19.6 Å². The van der Waals surface area contributed by atoms with Crippen LogP contribution in [0, 0.1) is 0 Å². The maximum Gasteiger partial charge on any atom is 0.122 e. The van der Waals surface area contributed by atoms with Crippen molar-refractivity contribution in [3.63, 3.8) is 0 Å². The zero-order valence-corrected chi connectivity index (χ0v) is 16.2. The molecule has 0 radical (unpaired) electrons. The number of para-hydroxylation sites is 1. The smallest absolute Gasteiger partial charge is 0.122 e. The van der Waals surface area contributed by atoms with Crippen molar-refractivity contribution >= 4 is 0 Å². The van der Waals surface area contributed by atoms with Gasteiger partial charge in [0.05, 0.1) is 12.2 Å². The van der Waals surface area contributed by atoms with E-state index in [1.165, 1.54) is 5.56 Å². The highest BCUT2D eigenvalue weighted by Gasteiger charge is 2.24. The molecular formula is C20H35NO3. The molecule has 0 aliphatic carbocycles. The van der Waals surface area contributed by atoms with Gasteiger partial charge in [-0.3, -0.25) is 4.90 Å². The highest BCUT2D eigenvalue weighted by atomic mass is 16.5. The fraction of sp³-hybridized carbons (Fsp3) is 0.700. The van der Waals surface area contributed by atoms with Gasteiger partial charge in [-0.2, -0.15) is 0 Å². The summed E-state index contributed by atoms with van der Waals surface area (Å²) >= 11 is 0. The molecule has 1 fully saturated rings. The van der Waals surface area contributed by atoms with E-state index in [4.69, 9.17) is 9.47 Å². The zero-order chi connectivity index (χ0) is 18.1. The summed E-state index contributed by atoms with van der Waals surface area (Å²) in [5.41, 5.74) is 1.18. The number of β-amino-alcohol motifs (C(OH)–C–C–N with tert-alkyl or cyclic N) is 1. The summed E-state index contributed by atoms with van der Waals surface area (Å²) in [5, 5.41) is 10.3. The minimum absolute atomic E-state index is 0.221. The molecule has 0 amide bonds. The van der Waals surface area contributed by atoms with Crippen LogP contribution in [0.5, 0.6) is 5.75 Å². The van der Waals surface area contributed by atoms with Gasteiger partial charge in [0.2, 0.25) is 0 Å². The molecule has 3 atom stereocenters. The van der Waals surface area contributed by atoms with Crippen LogP contribution in [0.3, 0.4) is 0 Å². The van der Waals surface area contributed by atoms with Crippen LogP contribution in [-0.4, -0.2) is 54.6 Å². The Kier molecular flexibility index (Phi) is 9.34. The molecule has 1 saturated heterocycles. The van der Waals surface area contributed by atoms with Crippen LogP contribution in [0.25, 0.3) is 0 Å². The van der Waals surface area contributed by atoms with Gasteiger partial charge >= 0.3 is 0 Å². The molecule has 1 aromatic carbocycles. The molecule has 4 heteroatoms. The maximum absolute atomic E-state index is 10.3. The summed E-state index contributed by atoms with van der Waals surface area (Å²) in [4.78, 5) is 2.25. The van der Waals surface area contributed by atoms with Gasteiger partial charge in [-0.25, -0.2) is 0 Å². The van der Waals surface area contributed by atoms with Crippen molar-refractivity contribution in [2.45, 2.75) is 65.8 Å². The first-order valence-electron chi connectivity index (χ1n) is 9.23. The quantitative estimate of drug-likeness (QED) is 0.860. The Labute approximate surface area is 147 Å². The van der Waals surface area contributed by atoms with Crippen LogP contribution in [0.1, 0.15) is 53.0 Å². The number of aliphatic hydroxyl groups is 1. The number of hydrogen-bond donors (Lipinski definition) is 1. The Morgan fingerprint density at radius 2 is 1.75 bits per heavy atom. The molecule has 1 aliphatic heterocycles. The lowest BCUT2D eigenvalue weighted by atomic mass is 10.0. The lowest BCUT2D eigenvalue weighted by molar-refractivity contribution is -0.0787. The molecular weight excluding hydrogens is 302 g/mol. The Morgan fingerprint density at radius 1 is 1.17 bits per heavy atom. The number of aliphatic hydroxyl groups excluding tert-OH is 1. The predicted molar refractivity (Wildman–Crippen MR) is 99.8 cm³/mol. The molecule has 1 aliphatic rings. The van der Waals surface area contributed by atoms with Crippen LogP contribution in [0.2, 0.25) is 0 Å². The number of ether oxygens (including phenoxy) is 2. The van der Waals surface area contributed by atoms with Crippen LogP contribution >= 0.6 is 0 Å². The van der Waals surface area contributed by atoms with Crippen LogP contribution in [0.15, 0.2) is 24.3 Å². The van der Waals surface area contributed by atoms with Crippen LogP contribution in [0.4, 0.5) is 0 Å². The van der Waals surface area contributed by atoms with Gasteiger partial charge in [0.15, 0.2) is 0 Å². The van der Waals surface area contributed by atoms with Crippen molar-refractivity contribution in [3.05, 3.63) is 29.8 Å². The van der Waals surface area contributed by atoms with E-state index in [0.29, 0.717) is 19.1 Å². The zero-order valence-electron chi connectivity index (χ0n) is 16.2. The van der Waals surface area contributed by atoms with E-state index in [-0.39, 0.29) is 12.2 Å². The normalized spacial score (nSPS) is 22.7. The average Bonchev–Trinajstić information content (AvgIpc) is 2.54. The third-order valence-electron chi connectivity index (χ3n) is 3.94. The Hall–Kier alpha value is -1.10. The SMILES string of the molecule is CC.CC1CN(CC(O)COc2ccccc2C(C)C)CC(C)O1. The van der Waals surface area contributed by atoms with Crippen molar-refractivity contribution in [2.24, 2.45) is 0 Å². The molecule has 24 heavy (non-hydrogen) atoms. The van der Waals surface area contributed by atoms with Gasteiger partial charge < -0.3 is 14.6 Å². The summed E-state index contributed by atoms with van der Waals surface area (Å²) in [5.74, 6) is 1.29. The predicted octanol–water partition coefficient (Wildman–Crippen LogP) is 3.69. The molecule has 138 valence electrons. The lowest BCUT2D eigenvalue weighted by Gasteiger charge is -2.36. The molecule has 0 aromatic heterocycles. The van der Waals surface area contributed by atoms with Crippen molar-refractivity contribution in [2.75, 3.05) is 26.2 Å². The van der Waals surface area contributed by atoms with E-state index < -0.39 is 6.10 Å². The van der Waals surface area contributed by atoms with E-state index >= 15 is 0 Å². The monoisotopic (exact) mass is 337 g/mol. The summed E-state index contributed by atoms with van der Waals surface area (Å²) in [6.45, 7) is 15.1. The Bertz CT molecular complexity index is 454. The third-order valence-corrected chi connectivity index (χ3v) is 3.94. The second-order valence-corrected chi connectivity index (χ2v) is 6.63. The Morgan fingerprint density at radius 3 is 2.33 bits per heavy atom. The van der Waals surface area contributed by atoms with Crippen molar-refractivity contribution in [1.82, 2.24) is 4.90 Å². The van der Waals surface area contributed by atoms with E-state index in [1.807, 2.05) is 32.0 Å². The molecule has 3 unspecified atom stereocenters. The number of hydrogen-bond acceptors (Lipinski definition) is 4. The largest absolute Gasteiger partial charge is 0.491 e. The first kappa shape index (κ1) is 20.9. The van der Waals surface area contributed by atoms with Crippen molar-refractivity contribution < 1.29 is 14.6 Å². The molecule has 4 nitrogen and oxygen atoms in total. The molecule has 1 N–H and O–H groups in total. The number of nitrogens with zero attached hydrogens (tertiary/aromatic N) is 1. The second-order valence-electron chi connectivity index (χ2n) is 6.63. The summed E-state index contributed by atoms with van der Waals surface area (Å²) in [6, 6.07) is 8.05. The standard InChI is InChI=1S/C18H29NO3.C2H6/c1-13(2)17-7-5-6-8-18(17)21-12-16(20)11-19-9-14(3)22-15(4)10-19;1-2/h5-8,13-16,20H,9-12H2,1-4H3;1-2H3. The van der Waals surface area contributed by atoms with Gasteiger partial charge in [-0.15, -0.1) is 0 Å². The average molecular weight is 338 g/mol. The van der Waals surface area contributed by atoms with E-state index in [9.17, 15) is 5.11 Å². The lowest BCUT2D eigenvalue weighted by Crippen LogP contribution is -2.48. The summed E-state index contributed by atoms with van der Waals surface area (Å²) < 4.78 is 11.6. The number of morpholine rings is 1. The van der Waals surface area contributed by atoms with E-state index in [2.05, 4.69) is 38.7 Å². The second kappa shape index (κ2) is 10.7. The Balaban J connectivity index is 0.00000139. The van der Waals surface area contributed by atoms with Gasteiger partial charge in [0.25, 0.3) is 0 Å². The van der Waals surface area contributed by atoms with Crippen molar-refractivity contribution in [1.29, 1.82) is 0 Å². The highest BCUT2D eigenvalue weighted by molar-refractivity contribution is 5.35. The fourth-order valence-corrected chi connectivity index (χ4v) is 3.06. The molecule has 0 bridgehead atoms. The van der Waals surface area contributed by atoms with Crippen LogP contribution in [-0.2, 0) is 4.74 Å². The molecule has 2 rings (SSSR count). The van der Waals surface area contributed by atoms with E-state index in [1.54, 1.807) is 0 Å². The van der Waals surface area contributed by atoms with E-state index in [0.717, 1.165) is 18.8 Å². The number of benzene rings is 1. The first-order valence-corrected chi connectivity index (χ1v) is 9.23. The number of rotatable bonds is 6. The molecule has 1 aromatic rings.